The molecule has 2 atom stereocenters. The summed E-state index contributed by atoms with van der Waals surface area (Å²) in [6.07, 6.45) is -3.46. The number of halogens is 3. The van der Waals surface area contributed by atoms with Crippen molar-refractivity contribution in [1.29, 1.82) is 0 Å². The lowest BCUT2D eigenvalue weighted by molar-refractivity contribution is -0.274. The summed E-state index contributed by atoms with van der Waals surface area (Å²) < 4.78 is 70.4. The molecule has 2 fully saturated rings. The molecular weight excluding hydrogens is 511 g/mol. The lowest BCUT2D eigenvalue weighted by Crippen LogP contribution is -2.45. The van der Waals surface area contributed by atoms with Crippen LogP contribution in [-0.4, -0.2) is 61.2 Å². The van der Waals surface area contributed by atoms with Gasteiger partial charge in [0.25, 0.3) is 5.91 Å². The number of rotatable bonds is 6. The van der Waals surface area contributed by atoms with E-state index in [0.717, 1.165) is 10.7 Å². The lowest BCUT2D eigenvalue weighted by Gasteiger charge is -2.36. The van der Waals surface area contributed by atoms with Gasteiger partial charge < -0.3 is 15.4 Å². The van der Waals surface area contributed by atoms with E-state index < -0.39 is 22.5 Å². The van der Waals surface area contributed by atoms with Gasteiger partial charge in [0.1, 0.15) is 11.6 Å². The second kappa shape index (κ2) is 9.76. The van der Waals surface area contributed by atoms with Gasteiger partial charge in [-0.3, -0.25) is 4.79 Å². The maximum atomic E-state index is 13.3. The normalized spacial score (nSPS) is 22.3. The number of hydrogen-bond acceptors (Lipinski definition) is 7. The Morgan fingerprint density at radius 3 is 2.35 bits per heavy atom. The van der Waals surface area contributed by atoms with E-state index in [1.807, 2.05) is 18.7 Å². The van der Waals surface area contributed by atoms with Gasteiger partial charge in [-0.2, -0.15) is 12.7 Å². The van der Waals surface area contributed by atoms with E-state index in [-0.39, 0.29) is 41.9 Å². The average Bonchev–Trinajstić information content (AvgIpc) is 3.35. The van der Waals surface area contributed by atoms with Crippen LogP contribution < -0.4 is 20.1 Å². The Morgan fingerprint density at radius 2 is 1.81 bits per heavy atom. The maximum Gasteiger partial charge on any atom is 0.573 e. The summed E-state index contributed by atoms with van der Waals surface area (Å²) in [6.45, 7) is 7.07. The van der Waals surface area contributed by atoms with Crippen LogP contribution >= 0.6 is 0 Å². The number of carbonyl (C=O) groups excluding carboxylic acids is 1. The van der Waals surface area contributed by atoms with E-state index in [2.05, 4.69) is 16.4 Å². The predicted molar refractivity (Wildman–Crippen MR) is 132 cm³/mol. The molecule has 2 aliphatic heterocycles. The molecule has 13 heteroatoms. The van der Waals surface area contributed by atoms with Crippen molar-refractivity contribution in [1.82, 2.24) is 14.0 Å². The Bertz CT molecular complexity index is 1270. The topological polar surface area (TPSA) is 118 Å². The molecular formula is C24H30F3N5O4S. The third-order valence-corrected chi connectivity index (χ3v) is 8.65. The zero-order valence-corrected chi connectivity index (χ0v) is 21.6. The number of benzene rings is 1. The lowest BCUT2D eigenvalue weighted by atomic mass is 9.90. The van der Waals surface area contributed by atoms with Crippen molar-refractivity contribution in [3.63, 3.8) is 0 Å². The second-order valence-corrected chi connectivity index (χ2v) is 11.6. The first-order valence-corrected chi connectivity index (χ1v) is 13.3. The second-order valence-electron chi connectivity index (χ2n) is 9.98. The number of anilines is 1. The first kappa shape index (κ1) is 27.1. The Kier molecular flexibility index (Phi) is 7.16. The van der Waals surface area contributed by atoms with Gasteiger partial charge in [0.05, 0.1) is 11.3 Å². The molecule has 0 aliphatic carbocycles. The Hall–Kier alpha value is -2.90. The number of nitrogens with two attached hydrogens (primary N) is 1. The maximum absolute atomic E-state index is 13.3. The number of carbonyl (C=O) groups is 1. The van der Waals surface area contributed by atoms with Crippen molar-refractivity contribution < 1.29 is 31.1 Å². The van der Waals surface area contributed by atoms with Crippen molar-refractivity contribution in [2.45, 2.75) is 51.6 Å². The van der Waals surface area contributed by atoms with E-state index in [1.165, 1.54) is 36.4 Å². The fraction of sp³-hybridized carbons (Fsp3) is 0.500. The highest BCUT2D eigenvalue weighted by Crippen LogP contribution is 2.39. The third-order valence-electron chi connectivity index (χ3n) is 7.20. The number of nitrogens with zero attached hydrogens (tertiary/aromatic N) is 3. The molecule has 1 aromatic heterocycles. The van der Waals surface area contributed by atoms with E-state index in [4.69, 9.17) is 10.7 Å². The van der Waals surface area contributed by atoms with E-state index >= 15 is 0 Å². The summed E-state index contributed by atoms with van der Waals surface area (Å²) in [6, 6.07) is 7.96. The van der Waals surface area contributed by atoms with Crippen LogP contribution in [0.4, 0.5) is 19.0 Å². The van der Waals surface area contributed by atoms with Gasteiger partial charge in [0.15, 0.2) is 0 Å². The highest BCUT2D eigenvalue weighted by atomic mass is 32.2. The highest BCUT2D eigenvalue weighted by molar-refractivity contribution is 7.87. The summed E-state index contributed by atoms with van der Waals surface area (Å²) in [5.41, 5.74) is 6.44. The van der Waals surface area contributed by atoms with Gasteiger partial charge in [-0.25, -0.2) is 9.71 Å². The molecule has 1 amide bonds. The van der Waals surface area contributed by atoms with Gasteiger partial charge in [-0.05, 0) is 69.0 Å². The SMILES string of the molecule is CC1CCN(c2nc(-c3ccc(OC(F)(F)F)cc3)ccc2C(=O)NS(=O)(=O)N2CC[C@H](N)C2)C1(C)C. The smallest absolute Gasteiger partial charge is 0.406 e. The molecule has 3 heterocycles. The third kappa shape index (κ3) is 5.83. The summed E-state index contributed by atoms with van der Waals surface area (Å²) in [7, 11) is -4.10. The molecule has 1 aromatic carbocycles. The minimum atomic E-state index is -4.81. The molecule has 0 bridgehead atoms. The average molecular weight is 542 g/mol. The van der Waals surface area contributed by atoms with Gasteiger partial charge in [-0.15, -0.1) is 13.2 Å². The highest BCUT2D eigenvalue weighted by Gasteiger charge is 2.41. The summed E-state index contributed by atoms with van der Waals surface area (Å²) in [4.78, 5) is 19.9. The summed E-state index contributed by atoms with van der Waals surface area (Å²) in [5.74, 6) is -0.622. The van der Waals surface area contributed by atoms with Gasteiger partial charge in [-0.1, -0.05) is 6.92 Å². The first-order valence-electron chi connectivity index (χ1n) is 11.9. The number of aromatic nitrogens is 1. The van der Waals surface area contributed by atoms with Gasteiger partial charge in [0, 0.05) is 36.8 Å². The molecule has 202 valence electrons. The van der Waals surface area contributed by atoms with Crippen LogP contribution in [0, 0.1) is 5.92 Å². The fourth-order valence-corrected chi connectivity index (χ4v) is 5.84. The Labute approximate surface area is 214 Å². The van der Waals surface area contributed by atoms with Crippen LogP contribution in [0.2, 0.25) is 0 Å². The first-order chi connectivity index (χ1) is 17.2. The predicted octanol–water partition coefficient (Wildman–Crippen LogP) is 3.28. The largest absolute Gasteiger partial charge is 0.573 e. The quantitative estimate of drug-likeness (QED) is 0.576. The van der Waals surface area contributed by atoms with E-state index in [1.54, 1.807) is 0 Å². The summed E-state index contributed by atoms with van der Waals surface area (Å²) >= 11 is 0. The van der Waals surface area contributed by atoms with Crippen molar-refractivity contribution in [2.75, 3.05) is 24.5 Å². The molecule has 0 saturated carbocycles. The van der Waals surface area contributed by atoms with Crippen LogP contribution in [0.1, 0.15) is 44.0 Å². The fourth-order valence-electron chi connectivity index (χ4n) is 4.64. The van der Waals surface area contributed by atoms with Gasteiger partial charge >= 0.3 is 16.6 Å². The molecule has 37 heavy (non-hydrogen) atoms. The van der Waals surface area contributed by atoms with E-state index in [9.17, 15) is 26.4 Å². The number of alkyl halides is 3. The minimum Gasteiger partial charge on any atom is -0.406 e. The Morgan fingerprint density at radius 1 is 1.14 bits per heavy atom. The van der Waals surface area contributed by atoms with Crippen LogP contribution in [0.15, 0.2) is 36.4 Å². The standard InChI is InChI=1S/C24H30F3N5O4S/c1-15-10-13-32(23(15,2)3)21-19(22(33)30-37(34,35)31-12-11-17(28)14-31)8-9-20(29-21)16-4-6-18(7-5-16)36-24(25,26)27/h4-9,15,17H,10-14,28H2,1-3H3,(H,30,33)/t15?,17-/m0/s1. The van der Waals surface area contributed by atoms with Crippen molar-refractivity contribution in [3.8, 4) is 17.0 Å². The Balaban J connectivity index is 1.69. The molecule has 2 saturated heterocycles. The van der Waals surface area contributed by atoms with Crippen LogP contribution in [0.25, 0.3) is 11.3 Å². The van der Waals surface area contributed by atoms with Crippen LogP contribution in [0.5, 0.6) is 5.75 Å². The zero-order chi connectivity index (χ0) is 27.2. The zero-order valence-electron chi connectivity index (χ0n) is 20.7. The summed E-state index contributed by atoms with van der Waals surface area (Å²) in [5, 5.41) is 0. The monoisotopic (exact) mass is 541 g/mol. The number of pyridine rings is 1. The molecule has 0 radical (unpaired) electrons. The number of hydrogen-bond donors (Lipinski definition) is 2. The number of nitrogens with one attached hydrogen (secondary N) is 1. The van der Waals surface area contributed by atoms with Crippen molar-refractivity contribution in [3.05, 3.63) is 42.0 Å². The molecule has 4 rings (SSSR count). The molecule has 2 aromatic rings. The van der Waals surface area contributed by atoms with E-state index in [0.29, 0.717) is 30.0 Å². The number of ether oxygens (including phenoxy) is 1. The van der Waals surface area contributed by atoms with Gasteiger partial charge in [0.2, 0.25) is 0 Å². The van der Waals surface area contributed by atoms with Crippen LogP contribution in [0.3, 0.4) is 0 Å². The molecule has 0 spiro atoms. The minimum absolute atomic E-state index is 0.0787. The van der Waals surface area contributed by atoms with Crippen molar-refractivity contribution in [2.24, 2.45) is 11.7 Å². The van der Waals surface area contributed by atoms with Crippen LogP contribution in [-0.2, 0) is 10.2 Å². The molecule has 3 N–H and O–H groups in total. The van der Waals surface area contributed by atoms with Crippen molar-refractivity contribution >= 4 is 21.9 Å². The number of amides is 1. The molecule has 1 unspecified atom stereocenters. The molecule has 9 nitrogen and oxygen atoms in total. The molecule has 2 aliphatic rings.